The number of nitrogens with one attached hydrogen (secondary N) is 1. The highest BCUT2D eigenvalue weighted by Gasteiger charge is 2.08. The average Bonchev–Trinajstić information content (AvgIpc) is 2.48. The van der Waals surface area contributed by atoms with Crippen LogP contribution in [0.15, 0.2) is 41.5 Å². The summed E-state index contributed by atoms with van der Waals surface area (Å²) in [6.45, 7) is 4.52. The molecule has 0 saturated heterocycles. The van der Waals surface area contributed by atoms with Crippen LogP contribution in [-0.2, 0) is 11.3 Å². The van der Waals surface area contributed by atoms with E-state index in [4.69, 9.17) is 0 Å². The van der Waals surface area contributed by atoms with Crippen molar-refractivity contribution in [3.05, 3.63) is 47.0 Å². The maximum absolute atomic E-state index is 11.8. The summed E-state index contributed by atoms with van der Waals surface area (Å²) in [5.41, 5.74) is 1.18. The Kier molecular flexibility index (Phi) is 4.81. The summed E-state index contributed by atoms with van der Waals surface area (Å²) < 4.78 is 1.17. The molecule has 0 aliphatic heterocycles. The van der Waals surface area contributed by atoms with E-state index in [0.717, 1.165) is 5.56 Å². The summed E-state index contributed by atoms with van der Waals surface area (Å²) in [6.07, 6.45) is 3.31. The van der Waals surface area contributed by atoms with E-state index >= 15 is 0 Å². The number of amides is 1. The van der Waals surface area contributed by atoms with Gasteiger partial charge in [-0.1, -0.05) is 13.8 Å². The zero-order chi connectivity index (χ0) is 15.2. The molecule has 1 amide bonds. The van der Waals surface area contributed by atoms with Crippen LogP contribution in [0.25, 0.3) is 11.3 Å². The normalized spacial score (nSPS) is 10.6. The van der Waals surface area contributed by atoms with Crippen molar-refractivity contribution in [3.8, 4) is 11.3 Å². The number of hydrogen-bond acceptors (Lipinski definition) is 4. The monoisotopic (exact) mass is 286 g/mol. The van der Waals surface area contributed by atoms with E-state index in [0.29, 0.717) is 18.2 Å². The van der Waals surface area contributed by atoms with Crippen LogP contribution in [0.2, 0.25) is 0 Å². The van der Waals surface area contributed by atoms with Crippen molar-refractivity contribution in [2.24, 2.45) is 5.92 Å². The number of hydrogen-bond donors (Lipinski definition) is 1. The second-order valence-corrected chi connectivity index (χ2v) is 5.15. The predicted octanol–water partition coefficient (Wildman–Crippen LogP) is 1.08. The van der Waals surface area contributed by atoms with Gasteiger partial charge in [0.15, 0.2) is 0 Å². The lowest BCUT2D eigenvalue weighted by Crippen LogP contribution is -2.35. The molecule has 0 bridgehead atoms. The number of carbonyl (C=O) groups excluding carboxylic acids is 1. The van der Waals surface area contributed by atoms with Gasteiger partial charge in [0, 0.05) is 30.6 Å². The predicted molar refractivity (Wildman–Crippen MR) is 79.6 cm³/mol. The van der Waals surface area contributed by atoms with E-state index < -0.39 is 0 Å². The van der Waals surface area contributed by atoms with Crippen molar-refractivity contribution >= 4 is 5.91 Å². The molecule has 6 heteroatoms. The molecule has 0 aliphatic rings. The Morgan fingerprint density at radius 1 is 1.24 bits per heavy atom. The summed E-state index contributed by atoms with van der Waals surface area (Å²) in [5, 5.41) is 6.99. The molecule has 0 radical (unpaired) electrons. The minimum atomic E-state index is -0.299. The van der Waals surface area contributed by atoms with Crippen molar-refractivity contribution in [1.29, 1.82) is 0 Å². The molecule has 2 rings (SSSR count). The third-order valence-corrected chi connectivity index (χ3v) is 2.84. The second kappa shape index (κ2) is 6.78. The molecular weight excluding hydrogens is 268 g/mol. The van der Waals surface area contributed by atoms with Crippen LogP contribution in [0.1, 0.15) is 13.8 Å². The van der Waals surface area contributed by atoms with E-state index in [-0.39, 0.29) is 18.0 Å². The quantitative estimate of drug-likeness (QED) is 0.892. The van der Waals surface area contributed by atoms with Gasteiger partial charge in [0.25, 0.3) is 5.56 Å². The highest BCUT2D eigenvalue weighted by molar-refractivity contribution is 5.75. The SMILES string of the molecule is CC(C)CNC(=O)Cn1nc(-c2ccncc2)ccc1=O. The molecule has 2 aromatic heterocycles. The number of carbonyl (C=O) groups is 1. The van der Waals surface area contributed by atoms with Crippen LogP contribution < -0.4 is 10.9 Å². The smallest absolute Gasteiger partial charge is 0.267 e. The zero-order valence-electron chi connectivity index (χ0n) is 12.1. The molecule has 0 saturated carbocycles. The number of aromatic nitrogens is 3. The molecule has 0 aliphatic carbocycles. The maximum atomic E-state index is 11.8. The second-order valence-electron chi connectivity index (χ2n) is 5.15. The zero-order valence-corrected chi connectivity index (χ0v) is 12.1. The van der Waals surface area contributed by atoms with Crippen LogP contribution in [0.5, 0.6) is 0 Å². The molecule has 1 N–H and O–H groups in total. The molecule has 2 aromatic rings. The number of pyridine rings is 1. The van der Waals surface area contributed by atoms with Crippen LogP contribution >= 0.6 is 0 Å². The van der Waals surface area contributed by atoms with Crippen molar-refractivity contribution in [2.45, 2.75) is 20.4 Å². The Morgan fingerprint density at radius 2 is 1.95 bits per heavy atom. The molecule has 0 atom stereocenters. The fourth-order valence-corrected chi connectivity index (χ4v) is 1.75. The van der Waals surface area contributed by atoms with Crippen LogP contribution in [0.3, 0.4) is 0 Å². The van der Waals surface area contributed by atoms with Gasteiger partial charge in [-0.2, -0.15) is 5.10 Å². The first-order valence-electron chi connectivity index (χ1n) is 6.81. The first kappa shape index (κ1) is 14.9. The summed E-state index contributed by atoms with van der Waals surface area (Å²) in [4.78, 5) is 27.5. The van der Waals surface area contributed by atoms with Gasteiger partial charge < -0.3 is 5.32 Å². The van der Waals surface area contributed by atoms with Gasteiger partial charge in [-0.25, -0.2) is 4.68 Å². The van der Waals surface area contributed by atoms with Crippen LogP contribution in [-0.4, -0.2) is 27.2 Å². The van der Waals surface area contributed by atoms with Crippen LogP contribution in [0.4, 0.5) is 0 Å². The van der Waals surface area contributed by atoms with Crippen LogP contribution in [0, 0.1) is 5.92 Å². The Morgan fingerprint density at radius 3 is 2.62 bits per heavy atom. The lowest BCUT2D eigenvalue weighted by atomic mass is 10.2. The molecule has 0 spiro atoms. The highest BCUT2D eigenvalue weighted by Crippen LogP contribution is 2.12. The van der Waals surface area contributed by atoms with Gasteiger partial charge in [0.05, 0.1) is 5.69 Å². The summed E-state index contributed by atoms with van der Waals surface area (Å²) >= 11 is 0. The molecule has 6 nitrogen and oxygen atoms in total. The highest BCUT2D eigenvalue weighted by atomic mass is 16.2. The van der Waals surface area contributed by atoms with Gasteiger partial charge in [-0.05, 0) is 24.1 Å². The Labute approximate surface area is 122 Å². The number of rotatable bonds is 5. The molecular formula is C15H18N4O2. The molecule has 0 unspecified atom stereocenters. The summed E-state index contributed by atoms with van der Waals surface area (Å²) in [6, 6.07) is 6.66. The first-order chi connectivity index (χ1) is 10.1. The summed E-state index contributed by atoms with van der Waals surface area (Å²) in [5.74, 6) is 0.145. The standard InChI is InChI=1S/C15H18N4O2/c1-11(2)9-17-14(20)10-19-15(21)4-3-13(18-19)12-5-7-16-8-6-12/h3-8,11H,9-10H2,1-2H3,(H,17,20). The van der Waals surface area contributed by atoms with E-state index in [1.165, 1.54) is 10.7 Å². The topological polar surface area (TPSA) is 76.9 Å². The van der Waals surface area contributed by atoms with Crippen molar-refractivity contribution in [2.75, 3.05) is 6.54 Å². The minimum absolute atomic E-state index is 0.0789. The first-order valence-corrected chi connectivity index (χ1v) is 6.81. The van der Waals surface area contributed by atoms with E-state index in [2.05, 4.69) is 15.4 Å². The lowest BCUT2D eigenvalue weighted by molar-refractivity contribution is -0.122. The van der Waals surface area contributed by atoms with Crippen molar-refractivity contribution in [3.63, 3.8) is 0 Å². The molecule has 2 heterocycles. The minimum Gasteiger partial charge on any atom is -0.354 e. The van der Waals surface area contributed by atoms with Gasteiger partial charge in [-0.15, -0.1) is 0 Å². The van der Waals surface area contributed by atoms with Gasteiger partial charge >= 0.3 is 0 Å². The van der Waals surface area contributed by atoms with Crippen molar-refractivity contribution in [1.82, 2.24) is 20.1 Å². The Bertz CT molecular complexity index is 665. The molecule has 21 heavy (non-hydrogen) atoms. The fraction of sp³-hybridized carbons (Fsp3) is 0.333. The van der Waals surface area contributed by atoms with Crippen molar-refractivity contribution < 1.29 is 4.79 Å². The van der Waals surface area contributed by atoms with Gasteiger partial charge in [0.2, 0.25) is 5.91 Å². The lowest BCUT2D eigenvalue weighted by Gasteiger charge is -2.09. The third-order valence-electron chi connectivity index (χ3n) is 2.84. The molecule has 0 fully saturated rings. The van der Waals surface area contributed by atoms with E-state index in [1.54, 1.807) is 30.6 Å². The fourth-order valence-electron chi connectivity index (χ4n) is 1.75. The largest absolute Gasteiger partial charge is 0.354 e. The van der Waals surface area contributed by atoms with E-state index in [9.17, 15) is 9.59 Å². The Balaban J connectivity index is 2.17. The van der Waals surface area contributed by atoms with Gasteiger partial charge in [0.1, 0.15) is 6.54 Å². The molecule has 110 valence electrons. The Hall–Kier alpha value is -2.50. The third kappa shape index (κ3) is 4.24. The summed E-state index contributed by atoms with van der Waals surface area (Å²) in [7, 11) is 0. The average molecular weight is 286 g/mol. The number of nitrogens with zero attached hydrogens (tertiary/aromatic N) is 3. The molecule has 0 aromatic carbocycles. The van der Waals surface area contributed by atoms with Gasteiger partial charge in [-0.3, -0.25) is 14.6 Å². The van der Waals surface area contributed by atoms with E-state index in [1.807, 2.05) is 13.8 Å². The maximum Gasteiger partial charge on any atom is 0.267 e.